The molecule has 0 radical (unpaired) electrons. The summed E-state index contributed by atoms with van der Waals surface area (Å²) >= 11 is 0. The van der Waals surface area contributed by atoms with E-state index in [0.29, 0.717) is 0 Å². The van der Waals surface area contributed by atoms with E-state index in [2.05, 4.69) is 87.1 Å². The number of pyridine rings is 2. The SMILES string of the molecule is C.C.C.C.C.C.C.C.C.C.C.C.C.C.C.C.Cc1ccc2ccccc2n1.Cc1ccccn1.Cc1cccnn1.Cc1ccncn1.Cc1cnc2ccccc2n1.Cc1cnccn1.Cc1ncccn1.Cc1ncncn1. The molecule has 15 nitrogen and oxygen atoms in total. The van der Waals surface area contributed by atoms with Gasteiger partial charge in [0.25, 0.3) is 0 Å². The van der Waals surface area contributed by atoms with Gasteiger partial charge in [-0.25, -0.2) is 39.9 Å². The summed E-state index contributed by atoms with van der Waals surface area (Å²) in [7, 11) is 0. The first kappa shape index (κ1) is 108. The molecule has 0 N–H and O–H groups in total. The van der Waals surface area contributed by atoms with Gasteiger partial charge in [-0.2, -0.15) is 10.2 Å². The van der Waals surface area contributed by atoms with Crippen molar-refractivity contribution < 1.29 is 0 Å². The molecule has 0 atom stereocenters. The zero-order valence-electron chi connectivity index (χ0n) is 37.5. The molecule has 0 fully saturated rings. The zero-order chi connectivity index (χ0) is 46.0. The van der Waals surface area contributed by atoms with Gasteiger partial charge in [0.05, 0.1) is 33.6 Å². The molecule has 0 amide bonds. The molecule has 0 unspecified atom stereocenters. The van der Waals surface area contributed by atoms with Gasteiger partial charge < -0.3 is 0 Å². The molecule has 0 aliphatic rings. The summed E-state index contributed by atoms with van der Waals surface area (Å²) in [5, 5.41) is 8.57. The highest BCUT2D eigenvalue weighted by Crippen LogP contribution is 2.10. The lowest BCUT2D eigenvalue weighted by Gasteiger charge is -1.95. The standard InChI is InChI=1S/C10H9N.C9H8N2.C6H7N.4C5H6N2.C4H5N3.16CH4/c1-8-6-7-9-4-2-3-5-10(9)11-8;1-7-6-10-8-4-2-3-5-9(8)11-7;1-6-4-2-3-5-7-6;1-5-4-6-2-3-7-5;1-5-2-3-6-4-7-5;1-5-6-3-2-4-7-5;1-5-3-2-4-6-7-5;1-4-6-2-5-3-7-4;;;;;;;;;;;;;;;;/h2-7H,1H3;2-6H,1H3;2-5H,1H3;4*2-4H,1H3;2-3H,1H3;16*1H4. The van der Waals surface area contributed by atoms with Gasteiger partial charge in [0.2, 0.25) is 0 Å². The number of nitrogens with zero attached hydrogens (tertiary/aromatic N) is 15. The first-order valence-corrected chi connectivity index (χ1v) is 20.0. The number of rotatable bonds is 0. The van der Waals surface area contributed by atoms with Gasteiger partial charge >= 0.3 is 0 Å². The molecule has 452 valence electrons. The van der Waals surface area contributed by atoms with Crippen molar-refractivity contribution in [1.29, 1.82) is 0 Å². The molecular formula is C65H117N15. The lowest BCUT2D eigenvalue weighted by atomic mass is 10.2. The minimum absolute atomic E-state index is 0. The van der Waals surface area contributed by atoms with E-state index in [0.717, 1.165) is 62.4 Å². The molecule has 0 spiro atoms. The third-order valence-corrected chi connectivity index (χ3v) is 7.56. The van der Waals surface area contributed by atoms with Crippen molar-refractivity contribution in [3.8, 4) is 0 Å². The minimum atomic E-state index is 0. The largest absolute Gasteiger partial charge is 0.262 e. The third-order valence-electron chi connectivity index (χ3n) is 7.56. The maximum absolute atomic E-state index is 4.38. The molecule has 80 heavy (non-hydrogen) atoms. The molecule has 0 saturated carbocycles. The second-order valence-corrected chi connectivity index (χ2v) is 13.2. The van der Waals surface area contributed by atoms with Crippen molar-refractivity contribution in [3.05, 3.63) is 224 Å². The molecule has 15 heteroatoms. The monoisotopic (exact) mass is 1110 g/mol. The smallest absolute Gasteiger partial charge is 0.128 e. The van der Waals surface area contributed by atoms with E-state index in [9.17, 15) is 0 Å². The summed E-state index contributed by atoms with van der Waals surface area (Å²) in [6.45, 7) is 15.4. The summed E-state index contributed by atoms with van der Waals surface area (Å²) < 4.78 is 0. The van der Waals surface area contributed by atoms with Crippen molar-refractivity contribution in [1.82, 2.24) is 75.0 Å². The van der Waals surface area contributed by atoms with Gasteiger partial charge in [0, 0.05) is 78.2 Å². The number of fused-ring (bicyclic) bond motifs is 2. The Hall–Kier alpha value is -8.33. The Balaban J connectivity index is -0.0000000508. The maximum atomic E-state index is 4.38. The number of hydrogen-bond donors (Lipinski definition) is 0. The summed E-state index contributed by atoms with van der Waals surface area (Å²) in [4.78, 5) is 51.1. The highest BCUT2D eigenvalue weighted by molar-refractivity contribution is 5.78. The van der Waals surface area contributed by atoms with Gasteiger partial charge in [-0.15, -0.1) is 0 Å². The van der Waals surface area contributed by atoms with Crippen LogP contribution in [0.3, 0.4) is 0 Å². The summed E-state index contributed by atoms with van der Waals surface area (Å²) in [6, 6.07) is 33.4. The zero-order valence-corrected chi connectivity index (χ0v) is 37.5. The number of aromatic nitrogens is 15. The number of para-hydroxylation sites is 3. The highest BCUT2D eigenvalue weighted by atomic mass is 15.1. The van der Waals surface area contributed by atoms with E-state index >= 15 is 0 Å². The fourth-order valence-electron chi connectivity index (χ4n) is 4.45. The van der Waals surface area contributed by atoms with Crippen LogP contribution in [0.5, 0.6) is 0 Å². The molecule has 0 aliphatic carbocycles. The Morgan fingerprint density at radius 2 is 0.738 bits per heavy atom. The summed E-state index contributed by atoms with van der Waals surface area (Å²) in [6.07, 6.45) is 19.9. The fourth-order valence-corrected chi connectivity index (χ4v) is 4.45. The summed E-state index contributed by atoms with van der Waals surface area (Å²) in [5.41, 5.74) is 9.04. The normalized spacial score (nSPS) is 7.40. The quantitative estimate of drug-likeness (QED) is 0.139. The minimum Gasteiger partial charge on any atom is -0.262 e. The van der Waals surface area contributed by atoms with Gasteiger partial charge in [-0.3, -0.25) is 24.9 Å². The van der Waals surface area contributed by atoms with Crippen LogP contribution in [0.15, 0.2) is 178 Å². The van der Waals surface area contributed by atoms with Crippen molar-refractivity contribution in [2.24, 2.45) is 0 Å². The Labute approximate surface area is 492 Å². The van der Waals surface area contributed by atoms with Gasteiger partial charge in [-0.05, 0) is 116 Å². The molecule has 8 heterocycles. The van der Waals surface area contributed by atoms with Gasteiger partial charge in [0.1, 0.15) is 30.6 Å². The molecular weight excluding hydrogens is 991 g/mol. The molecule has 2 aromatic carbocycles. The van der Waals surface area contributed by atoms with Crippen LogP contribution in [0, 0.1) is 55.4 Å². The van der Waals surface area contributed by atoms with E-state index < -0.39 is 0 Å². The fraction of sp³-hybridized carbons (Fsp3) is 0.369. The van der Waals surface area contributed by atoms with E-state index in [4.69, 9.17) is 0 Å². The van der Waals surface area contributed by atoms with Crippen LogP contribution in [0.1, 0.15) is 165 Å². The van der Waals surface area contributed by atoms with Crippen LogP contribution in [0.2, 0.25) is 0 Å². The lowest BCUT2D eigenvalue weighted by Crippen LogP contribution is -1.85. The molecule has 10 aromatic rings. The van der Waals surface area contributed by atoms with Crippen LogP contribution in [-0.2, 0) is 0 Å². The van der Waals surface area contributed by atoms with Crippen LogP contribution >= 0.6 is 0 Å². The maximum Gasteiger partial charge on any atom is 0.128 e. The van der Waals surface area contributed by atoms with E-state index in [1.165, 1.54) is 24.4 Å². The van der Waals surface area contributed by atoms with Crippen molar-refractivity contribution in [3.63, 3.8) is 0 Å². The van der Waals surface area contributed by atoms with Gasteiger partial charge in [0.15, 0.2) is 0 Å². The second-order valence-electron chi connectivity index (χ2n) is 13.2. The third kappa shape index (κ3) is 51.8. The molecule has 0 aliphatic heterocycles. The van der Waals surface area contributed by atoms with Crippen molar-refractivity contribution in [2.45, 2.75) is 174 Å². The Morgan fingerprint density at radius 3 is 1.11 bits per heavy atom. The van der Waals surface area contributed by atoms with Crippen LogP contribution in [0.4, 0.5) is 0 Å². The number of benzene rings is 2. The first-order chi connectivity index (χ1) is 31.1. The van der Waals surface area contributed by atoms with Crippen molar-refractivity contribution >= 4 is 21.9 Å². The highest BCUT2D eigenvalue weighted by Gasteiger charge is 1.93. The predicted molar refractivity (Wildman–Crippen MR) is 359 cm³/mol. The van der Waals surface area contributed by atoms with E-state index in [1.54, 1.807) is 61.8 Å². The number of hydrogen-bond acceptors (Lipinski definition) is 15. The Kier molecular flexibility index (Phi) is 89.8. The predicted octanol–water partition coefficient (Wildman–Crippen LogP) is 19.4. The van der Waals surface area contributed by atoms with Crippen LogP contribution < -0.4 is 0 Å². The first-order valence-electron chi connectivity index (χ1n) is 20.0. The molecule has 10 rings (SSSR count). The second kappa shape index (κ2) is 66.8. The van der Waals surface area contributed by atoms with E-state index in [-0.39, 0.29) is 119 Å². The molecule has 8 aromatic heterocycles. The van der Waals surface area contributed by atoms with Crippen LogP contribution in [-0.4, -0.2) is 75.0 Å². The Morgan fingerprint density at radius 1 is 0.250 bits per heavy atom. The average molecular weight is 1110 g/mol. The van der Waals surface area contributed by atoms with Gasteiger partial charge in [-0.1, -0.05) is 161 Å². The topological polar surface area (TPSA) is 193 Å². The lowest BCUT2D eigenvalue weighted by molar-refractivity contribution is 0.974. The van der Waals surface area contributed by atoms with E-state index in [1.807, 2.05) is 140 Å². The molecule has 0 bridgehead atoms. The molecule has 0 saturated heterocycles. The van der Waals surface area contributed by atoms with Crippen molar-refractivity contribution in [2.75, 3.05) is 0 Å². The summed E-state index contributed by atoms with van der Waals surface area (Å²) in [5.74, 6) is 1.58. The Bertz CT molecular complexity index is 2320. The number of aryl methyl sites for hydroxylation is 8. The average Bonchev–Trinajstić information content (AvgIpc) is 3.32. The van der Waals surface area contributed by atoms with Crippen LogP contribution in [0.25, 0.3) is 21.9 Å².